The number of aromatic nitrogens is 1. The molecule has 2 aliphatic rings. The minimum absolute atomic E-state index is 0.176. The van der Waals surface area contributed by atoms with E-state index in [0.717, 1.165) is 49.5 Å². The van der Waals surface area contributed by atoms with Crippen LogP contribution in [0.5, 0.6) is 0 Å². The lowest BCUT2D eigenvalue weighted by atomic mass is 9.97. The summed E-state index contributed by atoms with van der Waals surface area (Å²) in [6.45, 7) is 9.08. The van der Waals surface area contributed by atoms with Gasteiger partial charge in [0.15, 0.2) is 0 Å². The highest BCUT2D eigenvalue weighted by molar-refractivity contribution is 5.96. The van der Waals surface area contributed by atoms with Gasteiger partial charge in [0.1, 0.15) is 17.2 Å². The average molecular weight is 460 g/mol. The second-order valence-corrected chi connectivity index (χ2v) is 9.52. The Kier molecular flexibility index (Phi) is 6.09. The molecule has 1 fully saturated rings. The van der Waals surface area contributed by atoms with Crippen molar-refractivity contribution in [2.24, 2.45) is 0 Å². The van der Waals surface area contributed by atoms with Crippen LogP contribution in [0.2, 0.25) is 0 Å². The summed E-state index contributed by atoms with van der Waals surface area (Å²) in [5.74, 6) is 0.193. The molecule has 5 rings (SSSR count). The van der Waals surface area contributed by atoms with E-state index in [4.69, 9.17) is 4.74 Å². The van der Waals surface area contributed by atoms with E-state index in [0.29, 0.717) is 11.6 Å². The second-order valence-electron chi connectivity index (χ2n) is 9.52. The lowest BCUT2D eigenvalue weighted by Crippen LogP contribution is -2.34. The van der Waals surface area contributed by atoms with Crippen molar-refractivity contribution in [3.05, 3.63) is 82.8 Å². The lowest BCUT2D eigenvalue weighted by Gasteiger charge is -2.25. The summed E-state index contributed by atoms with van der Waals surface area (Å²) >= 11 is 0. The Morgan fingerprint density at radius 3 is 2.68 bits per heavy atom. The number of esters is 1. The van der Waals surface area contributed by atoms with Crippen LogP contribution in [-0.2, 0) is 17.8 Å². The minimum atomic E-state index is -0.309. The maximum absolute atomic E-state index is 13.4. The van der Waals surface area contributed by atoms with Crippen molar-refractivity contribution in [3.63, 3.8) is 0 Å². The molecule has 1 saturated heterocycles. The van der Waals surface area contributed by atoms with Crippen molar-refractivity contribution in [1.29, 1.82) is 0 Å². The summed E-state index contributed by atoms with van der Waals surface area (Å²) in [6, 6.07) is 15.4. The Hall–Kier alpha value is -3.25. The molecular weight excluding hydrogens is 429 g/mol. The fourth-order valence-corrected chi connectivity index (χ4v) is 5.15. The fourth-order valence-electron chi connectivity index (χ4n) is 5.15. The molecule has 3 aromatic rings. The van der Waals surface area contributed by atoms with Gasteiger partial charge in [-0.1, -0.05) is 30.3 Å². The van der Waals surface area contributed by atoms with Crippen molar-refractivity contribution in [3.8, 4) is 11.1 Å². The second kappa shape index (κ2) is 9.18. The molecular formula is C28H30FN3O2. The van der Waals surface area contributed by atoms with E-state index in [1.54, 1.807) is 6.20 Å². The van der Waals surface area contributed by atoms with Crippen molar-refractivity contribution in [1.82, 2.24) is 9.88 Å². The number of benzene rings is 2. The van der Waals surface area contributed by atoms with Gasteiger partial charge < -0.3 is 9.64 Å². The normalized spacial score (nSPS) is 17.9. The monoisotopic (exact) mass is 459 g/mol. The van der Waals surface area contributed by atoms with Crippen LogP contribution < -0.4 is 4.90 Å². The van der Waals surface area contributed by atoms with Gasteiger partial charge in [-0.3, -0.25) is 4.90 Å². The van der Waals surface area contributed by atoms with Gasteiger partial charge in [-0.2, -0.15) is 0 Å². The molecule has 0 amide bonds. The topological polar surface area (TPSA) is 45.7 Å². The Bertz CT molecular complexity index is 1210. The van der Waals surface area contributed by atoms with E-state index in [2.05, 4.69) is 33.0 Å². The van der Waals surface area contributed by atoms with Crippen LogP contribution in [0.3, 0.4) is 0 Å². The zero-order valence-electron chi connectivity index (χ0n) is 19.9. The third-order valence-electron chi connectivity index (χ3n) is 6.83. The van der Waals surface area contributed by atoms with Gasteiger partial charge in [0.2, 0.25) is 0 Å². The van der Waals surface area contributed by atoms with Gasteiger partial charge in [-0.05, 0) is 73.2 Å². The molecule has 0 saturated carbocycles. The molecule has 0 N–H and O–H groups in total. The summed E-state index contributed by atoms with van der Waals surface area (Å²) < 4.78 is 18.9. The van der Waals surface area contributed by atoms with Crippen LogP contribution in [0, 0.1) is 12.7 Å². The molecule has 6 heteroatoms. The molecule has 1 aromatic heterocycles. The van der Waals surface area contributed by atoms with Gasteiger partial charge in [0.05, 0.1) is 6.10 Å². The molecule has 0 bridgehead atoms. The van der Waals surface area contributed by atoms with Crippen molar-refractivity contribution < 1.29 is 13.9 Å². The first-order chi connectivity index (χ1) is 16.4. The zero-order valence-corrected chi connectivity index (χ0v) is 19.9. The first kappa shape index (κ1) is 22.5. The van der Waals surface area contributed by atoms with Crippen LogP contribution in [-0.4, -0.2) is 41.1 Å². The number of pyridine rings is 1. The highest BCUT2D eigenvalue weighted by Crippen LogP contribution is 2.36. The standard InChI is InChI=1S/C28H30FN3O2/c1-18(2)34-28(33)26-19(3)11-13-30-27(26)31-14-12-23(16-31)32-15-21-5-4-6-24(25(21)17-32)20-7-9-22(29)10-8-20/h4-11,13,18,23H,12,14-17H2,1-3H3/t23-/m1/s1. The summed E-state index contributed by atoms with van der Waals surface area (Å²) in [7, 11) is 0. The average Bonchev–Trinajstić information content (AvgIpc) is 3.46. The van der Waals surface area contributed by atoms with E-state index in [1.165, 1.54) is 28.8 Å². The number of halogens is 1. The third kappa shape index (κ3) is 4.30. The maximum Gasteiger partial charge on any atom is 0.342 e. The Balaban J connectivity index is 1.35. The Morgan fingerprint density at radius 1 is 1.12 bits per heavy atom. The predicted molar refractivity (Wildman–Crippen MR) is 131 cm³/mol. The summed E-state index contributed by atoms with van der Waals surface area (Å²) in [6.07, 6.45) is 2.60. The largest absolute Gasteiger partial charge is 0.459 e. The number of fused-ring (bicyclic) bond motifs is 1. The highest BCUT2D eigenvalue weighted by atomic mass is 19.1. The number of nitrogens with zero attached hydrogens (tertiary/aromatic N) is 3. The van der Waals surface area contributed by atoms with Crippen LogP contribution >= 0.6 is 0 Å². The summed E-state index contributed by atoms with van der Waals surface area (Å²) in [4.78, 5) is 22.1. The lowest BCUT2D eigenvalue weighted by molar-refractivity contribution is 0.0377. The number of hydrogen-bond acceptors (Lipinski definition) is 5. The maximum atomic E-state index is 13.4. The van der Waals surface area contributed by atoms with Crippen molar-refractivity contribution >= 4 is 11.8 Å². The molecule has 2 aromatic carbocycles. The number of carbonyl (C=O) groups is 1. The smallest absolute Gasteiger partial charge is 0.342 e. The molecule has 0 radical (unpaired) electrons. The molecule has 2 aliphatic heterocycles. The van der Waals surface area contributed by atoms with Crippen molar-refractivity contribution in [2.45, 2.75) is 52.4 Å². The third-order valence-corrected chi connectivity index (χ3v) is 6.83. The summed E-state index contributed by atoms with van der Waals surface area (Å²) in [5, 5.41) is 0. The molecule has 0 spiro atoms. The Labute approximate surface area is 200 Å². The molecule has 0 aliphatic carbocycles. The number of hydrogen-bond donors (Lipinski definition) is 0. The first-order valence-electron chi connectivity index (χ1n) is 11.9. The SMILES string of the molecule is Cc1ccnc(N2CC[C@@H](N3Cc4cccc(-c5ccc(F)cc5)c4C3)C2)c1C(=O)OC(C)C. The first-order valence-corrected chi connectivity index (χ1v) is 11.9. The van der Waals surface area contributed by atoms with Gasteiger partial charge in [0.25, 0.3) is 0 Å². The van der Waals surface area contributed by atoms with E-state index in [1.807, 2.05) is 39.0 Å². The molecule has 5 nitrogen and oxygen atoms in total. The van der Waals surface area contributed by atoms with Gasteiger partial charge in [-0.25, -0.2) is 14.2 Å². The van der Waals surface area contributed by atoms with Gasteiger partial charge >= 0.3 is 5.97 Å². The number of rotatable bonds is 5. The molecule has 3 heterocycles. The van der Waals surface area contributed by atoms with Crippen molar-refractivity contribution in [2.75, 3.05) is 18.0 Å². The van der Waals surface area contributed by atoms with E-state index >= 15 is 0 Å². The minimum Gasteiger partial charge on any atom is -0.459 e. The molecule has 0 unspecified atom stereocenters. The number of carbonyl (C=O) groups excluding carboxylic acids is 1. The van der Waals surface area contributed by atoms with E-state index < -0.39 is 0 Å². The zero-order chi connectivity index (χ0) is 23.8. The molecule has 34 heavy (non-hydrogen) atoms. The van der Waals surface area contributed by atoms with Gasteiger partial charge in [-0.15, -0.1) is 0 Å². The van der Waals surface area contributed by atoms with Gasteiger partial charge in [0, 0.05) is 38.4 Å². The summed E-state index contributed by atoms with van der Waals surface area (Å²) in [5.41, 5.74) is 6.33. The number of aryl methyl sites for hydroxylation is 1. The van der Waals surface area contributed by atoms with E-state index in [-0.39, 0.29) is 17.9 Å². The number of anilines is 1. The fraction of sp³-hybridized carbons (Fsp3) is 0.357. The Morgan fingerprint density at radius 2 is 1.91 bits per heavy atom. The van der Waals surface area contributed by atoms with E-state index in [9.17, 15) is 9.18 Å². The predicted octanol–water partition coefficient (Wildman–Crippen LogP) is 5.36. The molecule has 1 atom stereocenters. The van der Waals surface area contributed by atoms with Crippen LogP contribution in [0.1, 0.15) is 47.3 Å². The number of ether oxygens (including phenoxy) is 1. The van der Waals surface area contributed by atoms with Crippen LogP contribution in [0.4, 0.5) is 10.2 Å². The quantitative estimate of drug-likeness (QED) is 0.481. The molecule has 176 valence electrons. The van der Waals surface area contributed by atoms with Crippen LogP contribution in [0.15, 0.2) is 54.7 Å². The highest BCUT2D eigenvalue weighted by Gasteiger charge is 2.34. The van der Waals surface area contributed by atoms with Crippen LogP contribution in [0.25, 0.3) is 11.1 Å².